The highest BCUT2D eigenvalue weighted by atomic mass is 19.1. The number of hydrogen-bond acceptors (Lipinski definition) is 3. The zero-order valence-corrected chi connectivity index (χ0v) is 11.7. The fourth-order valence-corrected chi connectivity index (χ4v) is 1.71. The normalized spacial score (nSPS) is 11.6. The van der Waals surface area contributed by atoms with Crippen LogP contribution in [-0.4, -0.2) is 18.3 Å². The smallest absolute Gasteiger partial charge is 0.265 e. The van der Waals surface area contributed by atoms with E-state index in [-0.39, 0.29) is 5.69 Å². The molecule has 0 saturated heterocycles. The summed E-state index contributed by atoms with van der Waals surface area (Å²) in [5, 5.41) is 2.32. The van der Waals surface area contributed by atoms with E-state index in [1.807, 2.05) is 0 Å². The number of carbonyl (C=O) groups excluding carboxylic acids is 2. The molecule has 0 heterocycles. The van der Waals surface area contributed by atoms with Crippen molar-refractivity contribution in [2.24, 2.45) is 0 Å². The van der Waals surface area contributed by atoms with Crippen molar-refractivity contribution in [3.63, 3.8) is 0 Å². The zero-order chi connectivity index (χ0) is 16.1. The van der Waals surface area contributed by atoms with Crippen LogP contribution in [0.2, 0.25) is 0 Å². The lowest BCUT2D eigenvalue weighted by Gasteiger charge is -2.15. The number of halogens is 2. The van der Waals surface area contributed by atoms with Gasteiger partial charge in [0.2, 0.25) is 0 Å². The lowest BCUT2D eigenvalue weighted by atomic mass is 10.2. The van der Waals surface area contributed by atoms with Crippen LogP contribution in [0.1, 0.15) is 17.3 Å². The first kappa shape index (κ1) is 15.6. The number of anilines is 1. The van der Waals surface area contributed by atoms with Crippen LogP contribution in [0.3, 0.4) is 0 Å². The van der Waals surface area contributed by atoms with Gasteiger partial charge in [-0.3, -0.25) is 9.59 Å². The molecule has 0 aliphatic carbocycles. The van der Waals surface area contributed by atoms with Crippen molar-refractivity contribution in [3.05, 3.63) is 59.7 Å². The van der Waals surface area contributed by atoms with Gasteiger partial charge in [-0.1, -0.05) is 0 Å². The second-order valence-corrected chi connectivity index (χ2v) is 4.56. The monoisotopic (exact) mass is 305 g/mol. The third-order valence-corrected chi connectivity index (χ3v) is 2.89. The summed E-state index contributed by atoms with van der Waals surface area (Å²) in [6.45, 7) is 1.49. The van der Waals surface area contributed by atoms with Gasteiger partial charge in [0.1, 0.15) is 23.7 Å². The van der Waals surface area contributed by atoms with Gasteiger partial charge in [-0.25, -0.2) is 8.78 Å². The summed E-state index contributed by atoms with van der Waals surface area (Å²) in [5.74, 6) is -1.77. The SMILES string of the molecule is CC(Oc1ccc(C=O)cc1)C(=O)Nc1ccc(F)cc1F. The van der Waals surface area contributed by atoms with Crippen LogP contribution >= 0.6 is 0 Å². The van der Waals surface area contributed by atoms with Gasteiger partial charge in [-0.15, -0.1) is 0 Å². The molecule has 2 rings (SSSR count). The van der Waals surface area contributed by atoms with E-state index in [4.69, 9.17) is 4.74 Å². The first-order chi connectivity index (χ1) is 10.5. The predicted molar refractivity (Wildman–Crippen MR) is 76.9 cm³/mol. The average molecular weight is 305 g/mol. The topological polar surface area (TPSA) is 55.4 Å². The van der Waals surface area contributed by atoms with Crippen LogP contribution in [0, 0.1) is 11.6 Å². The van der Waals surface area contributed by atoms with Crippen molar-refractivity contribution in [2.75, 3.05) is 5.32 Å². The third kappa shape index (κ3) is 3.88. The van der Waals surface area contributed by atoms with Gasteiger partial charge in [-0.2, -0.15) is 0 Å². The number of ether oxygens (including phenoxy) is 1. The minimum Gasteiger partial charge on any atom is -0.481 e. The highest BCUT2D eigenvalue weighted by Crippen LogP contribution is 2.17. The van der Waals surface area contributed by atoms with Crippen LogP contribution in [0.25, 0.3) is 0 Å². The highest BCUT2D eigenvalue weighted by molar-refractivity contribution is 5.94. The molecule has 1 amide bonds. The second kappa shape index (κ2) is 6.80. The molecule has 0 aliphatic heterocycles. The average Bonchev–Trinajstić information content (AvgIpc) is 2.50. The summed E-state index contributed by atoms with van der Waals surface area (Å²) in [5.41, 5.74) is 0.357. The molecule has 0 fully saturated rings. The summed E-state index contributed by atoms with van der Waals surface area (Å²) in [6.07, 6.45) is -0.205. The Bertz CT molecular complexity index is 686. The summed E-state index contributed by atoms with van der Waals surface area (Å²) >= 11 is 0. The van der Waals surface area contributed by atoms with Crippen molar-refractivity contribution in [1.82, 2.24) is 0 Å². The summed E-state index contributed by atoms with van der Waals surface area (Å²) in [6, 6.07) is 9.05. The lowest BCUT2D eigenvalue weighted by molar-refractivity contribution is -0.122. The fourth-order valence-electron chi connectivity index (χ4n) is 1.71. The van der Waals surface area contributed by atoms with Crippen molar-refractivity contribution >= 4 is 17.9 Å². The molecule has 2 aromatic rings. The quantitative estimate of drug-likeness (QED) is 0.863. The Morgan fingerprint density at radius 1 is 1.18 bits per heavy atom. The van der Waals surface area contributed by atoms with Crippen LogP contribution < -0.4 is 10.1 Å². The van der Waals surface area contributed by atoms with Crippen LogP contribution in [0.5, 0.6) is 5.75 Å². The summed E-state index contributed by atoms with van der Waals surface area (Å²) in [4.78, 5) is 22.5. The predicted octanol–water partition coefficient (Wildman–Crippen LogP) is 3.18. The van der Waals surface area contributed by atoms with Gasteiger partial charge >= 0.3 is 0 Å². The highest BCUT2D eigenvalue weighted by Gasteiger charge is 2.16. The molecule has 6 heteroatoms. The number of aldehydes is 1. The van der Waals surface area contributed by atoms with Crippen molar-refractivity contribution < 1.29 is 23.1 Å². The number of nitrogens with one attached hydrogen (secondary N) is 1. The lowest BCUT2D eigenvalue weighted by Crippen LogP contribution is -2.30. The van der Waals surface area contributed by atoms with E-state index in [1.54, 1.807) is 24.3 Å². The van der Waals surface area contributed by atoms with Crippen molar-refractivity contribution in [2.45, 2.75) is 13.0 Å². The number of amides is 1. The summed E-state index contributed by atoms with van der Waals surface area (Å²) in [7, 11) is 0. The molecule has 0 radical (unpaired) electrons. The van der Waals surface area contributed by atoms with E-state index < -0.39 is 23.6 Å². The van der Waals surface area contributed by atoms with Crippen LogP contribution in [0.4, 0.5) is 14.5 Å². The van der Waals surface area contributed by atoms with E-state index in [0.717, 1.165) is 12.1 Å². The molecule has 4 nitrogen and oxygen atoms in total. The molecule has 0 aliphatic rings. The Balaban J connectivity index is 2.00. The van der Waals surface area contributed by atoms with E-state index in [0.29, 0.717) is 23.7 Å². The third-order valence-electron chi connectivity index (χ3n) is 2.89. The maximum atomic E-state index is 13.5. The molecule has 0 saturated carbocycles. The Kier molecular flexibility index (Phi) is 4.83. The van der Waals surface area contributed by atoms with E-state index in [1.165, 1.54) is 6.92 Å². The number of rotatable bonds is 5. The fraction of sp³-hybridized carbons (Fsp3) is 0.125. The van der Waals surface area contributed by atoms with E-state index >= 15 is 0 Å². The minimum absolute atomic E-state index is 0.127. The van der Waals surface area contributed by atoms with Crippen LogP contribution in [-0.2, 0) is 4.79 Å². The van der Waals surface area contributed by atoms with E-state index in [2.05, 4.69) is 5.32 Å². The molecule has 2 aromatic carbocycles. The van der Waals surface area contributed by atoms with Gasteiger partial charge in [0.15, 0.2) is 6.10 Å². The molecular weight excluding hydrogens is 292 g/mol. The first-order valence-electron chi connectivity index (χ1n) is 6.47. The Hall–Kier alpha value is -2.76. The van der Waals surface area contributed by atoms with Gasteiger partial charge in [-0.05, 0) is 43.3 Å². The van der Waals surface area contributed by atoms with Gasteiger partial charge in [0.05, 0.1) is 5.69 Å². The maximum Gasteiger partial charge on any atom is 0.265 e. The molecule has 0 bridgehead atoms. The number of hydrogen-bond donors (Lipinski definition) is 1. The standard InChI is InChI=1S/C16H13F2NO3/c1-10(22-13-5-2-11(9-20)3-6-13)16(21)19-15-7-4-12(17)8-14(15)18/h2-10H,1H3,(H,19,21). The van der Waals surface area contributed by atoms with Crippen molar-refractivity contribution in [1.29, 1.82) is 0 Å². The molecule has 22 heavy (non-hydrogen) atoms. The van der Waals surface area contributed by atoms with Crippen molar-refractivity contribution in [3.8, 4) is 5.75 Å². The van der Waals surface area contributed by atoms with Crippen LogP contribution in [0.15, 0.2) is 42.5 Å². The van der Waals surface area contributed by atoms with E-state index in [9.17, 15) is 18.4 Å². The first-order valence-corrected chi connectivity index (χ1v) is 6.47. The molecule has 0 spiro atoms. The van der Waals surface area contributed by atoms with Gasteiger partial charge < -0.3 is 10.1 Å². The molecule has 1 N–H and O–H groups in total. The molecule has 1 atom stereocenters. The molecule has 1 unspecified atom stereocenters. The Morgan fingerprint density at radius 2 is 1.86 bits per heavy atom. The van der Waals surface area contributed by atoms with Gasteiger partial charge in [0, 0.05) is 11.6 Å². The Labute approximate surface area is 125 Å². The minimum atomic E-state index is -0.897. The maximum absolute atomic E-state index is 13.5. The Morgan fingerprint density at radius 3 is 2.45 bits per heavy atom. The zero-order valence-electron chi connectivity index (χ0n) is 11.7. The number of benzene rings is 2. The van der Waals surface area contributed by atoms with Gasteiger partial charge in [0.25, 0.3) is 5.91 Å². The summed E-state index contributed by atoms with van der Waals surface area (Å²) < 4.78 is 31.6. The molecule has 114 valence electrons. The molecular formula is C16H13F2NO3. The molecule has 0 aromatic heterocycles. The largest absolute Gasteiger partial charge is 0.481 e. The number of carbonyl (C=O) groups is 2. The second-order valence-electron chi connectivity index (χ2n) is 4.56.